The normalized spacial score (nSPS) is 21.8. The van der Waals surface area contributed by atoms with E-state index >= 15 is 0 Å². The first kappa shape index (κ1) is 9.87. The van der Waals surface area contributed by atoms with Gasteiger partial charge in [0.05, 0.1) is 12.1 Å². The fraction of sp³-hybridized carbons (Fsp3) is 0.667. The second kappa shape index (κ2) is 3.61. The molecule has 0 unspecified atom stereocenters. The molecule has 4 heteroatoms. The molecule has 4 nitrogen and oxygen atoms in total. The summed E-state index contributed by atoms with van der Waals surface area (Å²) in [6.07, 6.45) is 7.13. The van der Waals surface area contributed by atoms with Gasteiger partial charge in [0.25, 0.3) is 0 Å². The van der Waals surface area contributed by atoms with E-state index in [9.17, 15) is 4.79 Å². The molecule has 2 saturated carbocycles. The quantitative estimate of drug-likeness (QED) is 0.818. The number of carbonyl (C=O) groups excluding carboxylic acids is 1. The average molecular weight is 220 g/mol. The molecule has 86 valence electrons. The predicted molar refractivity (Wildman–Crippen MR) is 57.6 cm³/mol. The monoisotopic (exact) mass is 220 g/mol. The maximum absolute atomic E-state index is 11.6. The van der Waals surface area contributed by atoms with Gasteiger partial charge < -0.3 is 9.84 Å². The molecule has 0 aliphatic heterocycles. The molecule has 1 aromatic rings. The van der Waals surface area contributed by atoms with Crippen molar-refractivity contribution in [2.75, 3.05) is 6.54 Å². The van der Waals surface area contributed by atoms with Gasteiger partial charge in [-0.25, -0.2) is 0 Å². The number of hydrogen-bond donors (Lipinski definition) is 1. The number of nitrogens with one attached hydrogen (secondary N) is 1. The number of hydrogen-bond acceptors (Lipinski definition) is 3. The number of nitrogens with zero attached hydrogens (tertiary/aromatic N) is 1. The fourth-order valence-corrected chi connectivity index (χ4v) is 2.42. The van der Waals surface area contributed by atoms with E-state index in [0.717, 1.165) is 12.5 Å². The van der Waals surface area contributed by atoms with Crippen LogP contribution >= 0.6 is 0 Å². The van der Waals surface area contributed by atoms with Crippen LogP contribution in [0.15, 0.2) is 16.9 Å². The molecule has 1 N–H and O–H groups in total. The van der Waals surface area contributed by atoms with Crippen LogP contribution in [0.25, 0.3) is 0 Å². The van der Waals surface area contributed by atoms with Crippen LogP contribution in [0.2, 0.25) is 0 Å². The molecule has 2 aliphatic rings. The maximum Gasteiger partial charge on any atom is 0.226 e. The van der Waals surface area contributed by atoms with Crippen molar-refractivity contribution >= 4 is 5.91 Å². The van der Waals surface area contributed by atoms with E-state index in [2.05, 4.69) is 10.5 Å². The summed E-state index contributed by atoms with van der Waals surface area (Å²) in [4.78, 5) is 11.6. The smallest absolute Gasteiger partial charge is 0.226 e. The topological polar surface area (TPSA) is 55.1 Å². The summed E-state index contributed by atoms with van der Waals surface area (Å²) in [6, 6.07) is 1.73. The third-order valence-electron chi connectivity index (χ3n) is 3.81. The average Bonchev–Trinajstić information content (AvgIpc) is 3.16. The van der Waals surface area contributed by atoms with Crippen molar-refractivity contribution in [3.63, 3.8) is 0 Å². The first-order chi connectivity index (χ1) is 7.78. The summed E-state index contributed by atoms with van der Waals surface area (Å²) in [6.45, 7) is 0.856. The predicted octanol–water partition coefficient (Wildman–Crippen LogP) is 1.52. The first-order valence-electron chi connectivity index (χ1n) is 5.94. The Morgan fingerprint density at radius 3 is 2.94 bits per heavy atom. The van der Waals surface area contributed by atoms with Gasteiger partial charge in [-0.05, 0) is 37.0 Å². The highest BCUT2D eigenvalue weighted by atomic mass is 16.5. The van der Waals surface area contributed by atoms with E-state index in [0.29, 0.717) is 17.5 Å². The van der Waals surface area contributed by atoms with Gasteiger partial charge in [0, 0.05) is 12.6 Å². The van der Waals surface area contributed by atoms with Gasteiger partial charge in [-0.3, -0.25) is 4.79 Å². The molecule has 0 spiro atoms. The molecular formula is C12H16N2O2. The van der Waals surface area contributed by atoms with Crippen molar-refractivity contribution in [3.05, 3.63) is 18.0 Å². The third kappa shape index (κ3) is 1.96. The third-order valence-corrected chi connectivity index (χ3v) is 3.81. The molecule has 0 saturated heterocycles. The zero-order chi connectivity index (χ0) is 11.0. The molecule has 0 atom stereocenters. The number of carbonyl (C=O) groups is 1. The number of amides is 1. The van der Waals surface area contributed by atoms with Crippen LogP contribution in [0.5, 0.6) is 0 Å². The Morgan fingerprint density at radius 2 is 2.38 bits per heavy atom. The van der Waals surface area contributed by atoms with Crippen LogP contribution in [0.4, 0.5) is 0 Å². The summed E-state index contributed by atoms with van der Waals surface area (Å²) in [7, 11) is 0. The van der Waals surface area contributed by atoms with Gasteiger partial charge in [-0.2, -0.15) is 0 Å². The van der Waals surface area contributed by atoms with E-state index in [4.69, 9.17) is 4.52 Å². The Labute approximate surface area is 94.4 Å². The first-order valence-corrected chi connectivity index (χ1v) is 5.94. The van der Waals surface area contributed by atoms with Gasteiger partial charge in [0.1, 0.15) is 6.26 Å². The molecule has 1 aromatic heterocycles. The van der Waals surface area contributed by atoms with E-state index in [1.807, 2.05) is 0 Å². The summed E-state index contributed by atoms with van der Waals surface area (Å²) < 4.78 is 4.69. The molecule has 3 rings (SSSR count). The molecule has 0 aromatic carbocycles. The fourth-order valence-electron chi connectivity index (χ4n) is 2.42. The van der Waals surface area contributed by atoms with Crippen LogP contribution in [-0.2, 0) is 11.2 Å². The van der Waals surface area contributed by atoms with Crippen LogP contribution in [0.3, 0.4) is 0 Å². The standard InChI is InChI=1S/C12H16N2O2/c15-11(7-10-3-6-16-14-10)13-8-12(4-5-12)9-1-2-9/h3,6,9H,1-2,4-5,7-8H2,(H,13,15). The highest BCUT2D eigenvalue weighted by molar-refractivity contribution is 5.78. The van der Waals surface area contributed by atoms with Crippen molar-refractivity contribution in [3.8, 4) is 0 Å². The highest BCUT2D eigenvalue weighted by Gasteiger charge is 2.53. The molecule has 1 amide bonds. The summed E-state index contributed by atoms with van der Waals surface area (Å²) >= 11 is 0. The zero-order valence-corrected chi connectivity index (χ0v) is 9.24. The highest BCUT2D eigenvalue weighted by Crippen LogP contribution is 2.60. The zero-order valence-electron chi connectivity index (χ0n) is 9.24. The maximum atomic E-state index is 11.6. The molecule has 1 heterocycles. The number of aromatic nitrogens is 1. The van der Waals surface area contributed by atoms with Crippen LogP contribution in [0.1, 0.15) is 31.4 Å². The Bertz CT molecular complexity index is 378. The van der Waals surface area contributed by atoms with Crippen molar-refractivity contribution < 1.29 is 9.32 Å². The van der Waals surface area contributed by atoms with E-state index in [1.54, 1.807) is 6.07 Å². The van der Waals surface area contributed by atoms with Gasteiger partial charge in [0.15, 0.2) is 0 Å². The van der Waals surface area contributed by atoms with Crippen molar-refractivity contribution in [2.24, 2.45) is 11.3 Å². The lowest BCUT2D eigenvalue weighted by Crippen LogP contribution is -2.32. The van der Waals surface area contributed by atoms with Gasteiger partial charge in [-0.15, -0.1) is 0 Å². The minimum absolute atomic E-state index is 0.0563. The Hall–Kier alpha value is -1.32. The van der Waals surface area contributed by atoms with Crippen LogP contribution < -0.4 is 5.32 Å². The number of rotatable bonds is 5. The van der Waals surface area contributed by atoms with E-state index in [-0.39, 0.29) is 5.91 Å². The Kier molecular flexibility index (Phi) is 2.23. The molecule has 0 radical (unpaired) electrons. The Morgan fingerprint density at radius 1 is 1.56 bits per heavy atom. The molecule has 16 heavy (non-hydrogen) atoms. The summed E-state index contributed by atoms with van der Waals surface area (Å²) in [5, 5.41) is 6.75. The lowest BCUT2D eigenvalue weighted by atomic mass is 10.0. The van der Waals surface area contributed by atoms with E-state index in [1.165, 1.54) is 31.9 Å². The van der Waals surface area contributed by atoms with E-state index < -0.39 is 0 Å². The second-order valence-electron chi connectivity index (χ2n) is 5.08. The minimum Gasteiger partial charge on any atom is -0.364 e. The summed E-state index contributed by atoms with van der Waals surface area (Å²) in [5.41, 5.74) is 1.17. The van der Waals surface area contributed by atoms with Crippen LogP contribution in [0, 0.1) is 11.3 Å². The van der Waals surface area contributed by atoms with Gasteiger partial charge >= 0.3 is 0 Å². The Balaban J connectivity index is 1.46. The summed E-state index contributed by atoms with van der Waals surface area (Å²) in [5.74, 6) is 0.945. The van der Waals surface area contributed by atoms with Gasteiger partial charge in [-0.1, -0.05) is 5.16 Å². The molecule has 2 fully saturated rings. The van der Waals surface area contributed by atoms with Crippen molar-refractivity contribution in [1.82, 2.24) is 10.5 Å². The van der Waals surface area contributed by atoms with Crippen molar-refractivity contribution in [1.29, 1.82) is 0 Å². The van der Waals surface area contributed by atoms with Crippen molar-refractivity contribution in [2.45, 2.75) is 32.1 Å². The SMILES string of the molecule is O=C(Cc1ccon1)NCC1(C2CC2)CC1. The second-order valence-corrected chi connectivity index (χ2v) is 5.08. The molecule has 0 bridgehead atoms. The largest absolute Gasteiger partial charge is 0.364 e. The molecule has 2 aliphatic carbocycles. The van der Waals surface area contributed by atoms with Crippen LogP contribution in [-0.4, -0.2) is 17.6 Å². The van der Waals surface area contributed by atoms with Gasteiger partial charge in [0.2, 0.25) is 5.91 Å². The minimum atomic E-state index is 0.0563. The lowest BCUT2D eigenvalue weighted by molar-refractivity contribution is -0.120. The lowest BCUT2D eigenvalue weighted by Gasteiger charge is -2.14. The molecular weight excluding hydrogens is 204 g/mol.